The standard InChI is InChI=1S/C14H16N2O3/c1-3-18-11-6-5-7-12(19-4-2)13(11)14-10(9-17)8-15-16-14/h5-9H,3-4H2,1-2H3,(H,15,16). The molecule has 5 nitrogen and oxygen atoms in total. The zero-order valence-corrected chi connectivity index (χ0v) is 11.0. The number of ether oxygens (including phenoxy) is 2. The Bertz CT molecular complexity index is 539. The van der Waals surface area contributed by atoms with Crippen molar-refractivity contribution >= 4 is 6.29 Å². The minimum absolute atomic E-state index is 0.480. The predicted molar refractivity (Wildman–Crippen MR) is 71.7 cm³/mol. The summed E-state index contributed by atoms with van der Waals surface area (Å²) in [7, 11) is 0. The molecule has 0 saturated heterocycles. The summed E-state index contributed by atoms with van der Waals surface area (Å²) in [5.74, 6) is 1.33. The van der Waals surface area contributed by atoms with E-state index in [2.05, 4.69) is 10.2 Å². The normalized spacial score (nSPS) is 10.2. The molecular weight excluding hydrogens is 244 g/mol. The first kappa shape index (κ1) is 13.1. The second-order valence-corrected chi connectivity index (χ2v) is 3.81. The van der Waals surface area contributed by atoms with Crippen molar-refractivity contribution in [1.82, 2.24) is 10.2 Å². The fourth-order valence-electron chi connectivity index (χ4n) is 1.89. The summed E-state index contributed by atoms with van der Waals surface area (Å²) >= 11 is 0. The largest absolute Gasteiger partial charge is 0.493 e. The van der Waals surface area contributed by atoms with Crippen LogP contribution in [0.1, 0.15) is 24.2 Å². The number of carbonyl (C=O) groups excluding carboxylic acids is 1. The lowest BCUT2D eigenvalue weighted by Gasteiger charge is -2.14. The van der Waals surface area contributed by atoms with Crippen LogP contribution in [0.5, 0.6) is 11.5 Å². The summed E-state index contributed by atoms with van der Waals surface area (Å²) < 4.78 is 11.2. The summed E-state index contributed by atoms with van der Waals surface area (Å²) in [4.78, 5) is 11.1. The number of nitrogens with one attached hydrogen (secondary N) is 1. The first-order valence-corrected chi connectivity index (χ1v) is 6.19. The van der Waals surface area contributed by atoms with Crippen molar-refractivity contribution in [2.24, 2.45) is 0 Å². The van der Waals surface area contributed by atoms with Crippen LogP contribution in [0.3, 0.4) is 0 Å². The maximum atomic E-state index is 11.1. The fourth-order valence-corrected chi connectivity index (χ4v) is 1.89. The van der Waals surface area contributed by atoms with E-state index in [9.17, 15) is 4.79 Å². The smallest absolute Gasteiger partial charge is 0.153 e. The Morgan fingerprint density at radius 1 is 1.21 bits per heavy atom. The number of hydrogen-bond acceptors (Lipinski definition) is 4. The van der Waals surface area contributed by atoms with E-state index in [1.54, 1.807) is 0 Å². The molecule has 1 aromatic heterocycles. The molecule has 5 heteroatoms. The van der Waals surface area contributed by atoms with Gasteiger partial charge in [0, 0.05) is 0 Å². The number of carbonyl (C=O) groups is 1. The first-order chi connectivity index (χ1) is 9.31. The molecule has 1 heterocycles. The monoisotopic (exact) mass is 260 g/mol. The number of aldehydes is 1. The molecule has 2 aromatic rings. The molecule has 1 aromatic carbocycles. The Balaban J connectivity index is 2.60. The third-order valence-corrected chi connectivity index (χ3v) is 2.63. The average Bonchev–Trinajstić information content (AvgIpc) is 2.88. The predicted octanol–water partition coefficient (Wildman–Crippen LogP) is 2.69. The Morgan fingerprint density at radius 2 is 1.84 bits per heavy atom. The number of aromatic nitrogens is 2. The number of rotatable bonds is 6. The summed E-state index contributed by atoms with van der Waals surface area (Å²) in [6.45, 7) is 4.88. The van der Waals surface area contributed by atoms with Crippen LogP contribution in [-0.4, -0.2) is 29.7 Å². The van der Waals surface area contributed by atoms with Gasteiger partial charge in [-0.1, -0.05) is 6.07 Å². The van der Waals surface area contributed by atoms with E-state index in [1.807, 2.05) is 32.0 Å². The quantitative estimate of drug-likeness (QED) is 0.811. The molecule has 0 aliphatic rings. The van der Waals surface area contributed by atoms with Gasteiger partial charge in [-0.25, -0.2) is 0 Å². The van der Waals surface area contributed by atoms with Gasteiger partial charge in [-0.3, -0.25) is 9.89 Å². The van der Waals surface area contributed by atoms with E-state index in [0.717, 1.165) is 11.8 Å². The molecule has 0 spiro atoms. The van der Waals surface area contributed by atoms with Crippen LogP contribution in [-0.2, 0) is 0 Å². The van der Waals surface area contributed by atoms with Crippen LogP contribution >= 0.6 is 0 Å². The van der Waals surface area contributed by atoms with Gasteiger partial charge in [-0.05, 0) is 26.0 Å². The van der Waals surface area contributed by atoms with Crippen molar-refractivity contribution in [1.29, 1.82) is 0 Å². The van der Waals surface area contributed by atoms with Crippen molar-refractivity contribution in [3.05, 3.63) is 30.0 Å². The van der Waals surface area contributed by atoms with Gasteiger partial charge in [-0.15, -0.1) is 0 Å². The highest BCUT2D eigenvalue weighted by Crippen LogP contribution is 2.38. The maximum absolute atomic E-state index is 11.1. The molecule has 0 radical (unpaired) electrons. The third-order valence-electron chi connectivity index (χ3n) is 2.63. The molecule has 0 aliphatic heterocycles. The summed E-state index contributed by atoms with van der Waals surface area (Å²) in [6, 6.07) is 5.55. The minimum Gasteiger partial charge on any atom is -0.493 e. The maximum Gasteiger partial charge on any atom is 0.153 e. The van der Waals surface area contributed by atoms with E-state index in [-0.39, 0.29) is 0 Å². The highest BCUT2D eigenvalue weighted by atomic mass is 16.5. The first-order valence-electron chi connectivity index (χ1n) is 6.19. The molecule has 19 heavy (non-hydrogen) atoms. The van der Waals surface area contributed by atoms with Gasteiger partial charge in [0.15, 0.2) is 6.29 Å². The van der Waals surface area contributed by atoms with Crippen molar-refractivity contribution < 1.29 is 14.3 Å². The highest BCUT2D eigenvalue weighted by Gasteiger charge is 2.17. The molecule has 0 atom stereocenters. The average molecular weight is 260 g/mol. The number of benzene rings is 1. The van der Waals surface area contributed by atoms with Crippen LogP contribution in [0.25, 0.3) is 11.3 Å². The number of hydrogen-bond donors (Lipinski definition) is 1. The summed E-state index contributed by atoms with van der Waals surface area (Å²) in [6.07, 6.45) is 2.25. The van der Waals surface area contributed by atoms with Crippen molar-refractivity contribution in [2.75, 3.05) is 13.2 Å². The van der Waals surface area contributed by atoms with Gasteiger partial charge in [-0.2, -0.15) is 5.10 Å². The zero-order valence-electron chi connectivity index (χ0n) is 11.0. The third kappa shape index (κ3) is 2.59. The van der Waals surface area contributed by atoms with Gasteiger partial charge in [0.25, 0.3) is 0 Å². The molecule has 0 aliphatic carbocycles. The van der Waals surface area contributed by atoms with Gasteiger partial charge >= 0.3 is 0 Å². The number of aromatic amines is 1. The van der Waals surface area contributed by atoms with Gasteiger partial charge in [0.05, 0.1) is 36.2 Å². The highest BCUT2D eigenvalue weighted by molar-refractivity contribution is 5.89. The SMILES string of the molecule is CCOc1cccc(OCC)c1-c1[nH]ncc1C=O. The molecule has 0 bridgehead atoms. The Labute approximate surface area is 111 Å². The Morgan fingerprint density at radius 3 is 2.37 bits per heavy atom. The molecule has 1 N–H and O–H groups in total. The van der Waals surface area contributed by atoms with Gasteiger partial charge in [0.1, 0.15) is 11.5 Å². The molecule has 100 valence electrons. The van der Waals surface area contributed by atoms with Crippen molar-refractivity contribution in [2.45, 2.75) is 13.8 Å². The summed E-state index contributed by atoms with van der Waals surface area (Å²) in [5.41, 5.74) is 1.82. The van der Waals surface area contributed by atoms with Crippen LogP contribution in [0, 0.1) is 0 Å². The van der Waals surface area contributed by atoms with E-state index in [0.29, 0.717) is 36.0 Å². The van der Waals surface area contributed by atoms with E-state index in [4.69, 9.17) is 9.47 Å². The van der Waals surface area contributed by atoms with E-state index >= 15 is 0 Å². The molecule has 2 rings (SSSR count). The lowest BCUT2D eigenvalue weighted by Crippen LogP contribution is -2.00. The van der Waals surface area contributed by atoms with Crippen LogP contribution in [0.4, 0.5) is 0 Å². The topological polar surface area (TPSA) is 64.2 Å². The molecule has 0 unspecified atom stereocenters. The number of H-pyrrole nitrogens is 1. The van der Waals surface area contributed by atoms with Gasteiger partial charge < -0.3 is 9.47 Å². The lowest BCUT2D eigenvalue weighted by molar-refractivity contribution is 0.112. The minimum atomic E-state index is 0.480. The fraction of sp³-hybridized carbons (Fsp3) is 0.286. The van der Waals surface area contributed by atoms with Crippen LogP contribution in [0.2, 0.25) is 0 Å². The van der Waals surface area contributed by atoms with Crippen molar-refractivity contribution in [3.63, 3.8) is 0 Å². The van der Waals surface area contributed by atoms with Gasteiger partial charge in [0.2, 0.25) is 0 Å². The van der Waals surface area contributed by atoms with Crippen molar-refractivity contribution in [3.8, 4) is 22.8 Å². The lowest BCUT2D eigenvalue weighted by atomic mass is 10.1. The number of nitrogens with zero attached hydrogens (tertiary/aromatic N) is 1. The second-order valence-electron chi connectivity index (χ2n) is 3.81. The summed E-state index contributed by atoms with van der Waals surface area (Å²) in [5, 5.41) is 6.73. The molecule has 0 saturated carbocycles. The van der Waals surface area contributed by atoms with E-state index < -0.39 is 0 Å². The second kappa shape index (κ2) is 6.04. The van der Waals surface area contributed by atoms with Crippen LogP contribution < -0.4 is 9.47 Å². The van der Waals surface area contributed by atoms with E-state index in [1.165, 1.54) is 6.20 Å². The Kier molecular flexibility index (Phi) is 4.18. The zero-order chi connectivity index (χ0) is 13.7. The molecular formula is C14H16N2O3. The molecule has 0 amide bonds. The molecule has 0 fully saturated rings. The van der Waals surface area contributed by atoms with Crippen LogP contribution in [0.15, 0.2) is 24.4 Å². The Hall–Kier alpha value is -2.30.